The number of rotatable bonds is 2. The van der Waals surface area contributed by atoms with Crippen LogP contribution in [0.1, 0.15) is 11.4 Å². The SMILES string of the molecule is Cc1c([NH3+])c(=O)n(-c2ccccc2)n1C.Cc1c([NH3+])c(=O)n(-c2ccccc2)n1C.O.O.[Br-].[Br-]. The van der Waals surface area contributed by atoms with Crippen LogP contribution in [0.4, 0.5) is 11.4 Å². The van der Waals surface area contributed by atoms with Crippen molar-refractivity contribution < 1.29 is 56.4 Å². The van der Waals surface area contributed by atoms with E-state index < -0.39 is 0 Å². The second-order valence-electron chi connectivity index (χ2n) is 7.08. The number of halogens is 2. The van der Waals surface area contributed by atoms with Gasteiger partial charge in [0.05, 0.1) is 22.8 Å². The van der Waals surface area contributed by atoms with Crippen LogP contribution in [0.25, 0.3) is 11.4 Å². The molecule has 4 rings (SSSR count). The van der Waals surface area contributed by atoms with Gasteiger partial charge < -0.3 is 56.4 Å². The molecule has 0 saturated carbocycles. The first kappa shape index (κ1) is 33.4. The summed E-state index contributed by atoms with van der Waals surface area (Å²) in [5.74, 6) is 0. The van der Waals surface area contributed by atoms with Gasteiger partial charge in [0.15, 0.2) is 0 Å². The minimum atomic E-state index is -0.0544. The summed E-state index contributed by atoms with van der Waals surface area (Å²) in [6.45, 7) is 3.78. The minimum absolute atomic E-state index is 0. The normalized spacial score (nSPS) is 9.35. The van der Waals surface area contributed by atoms with E-state index in [9.17, 15) is 9.59 Å². The zero-order valence-corrected chi connectivity index (χ0v) is 22.7. The second-order valence-corrected chi connectivity index (χ2v) is 7.08. The molecule has 188 valence electrons. The van der Waals surface area contributed by atoms with Crippen LogP contribution < -0.4 is 56.5 Å². The highest BCUT2D eigenvalue weighted by molar-refractivity contribution is 5.39. The number of benzene rings is 2. The summed E-state index contributed by atoms with van der Waals surface area (Å²) >= 11 is 0. The number of hydrogen-bond donors (Lipinski definition) is 2. The van der Waals surface area contributed by atoms with Gasteiger partial charge in [-0.25, -0.2) is 9.36 Å². The molecule has 0 fully saturated rings. The highest BCUT2D eigenvalue weighted by atomic mass is 79.9. The van der Waals surface area contributed by atoms with Gasteiger partial charge in [0.2, 0.25) is 11.4 Å². The van der Waals surface area contributed by atoms with Crippen LogP contribution in [-0.2, 0) is 14.1 Å². The summed E-state index contributed by atoms with van der Waals surface area (Å²) in [7, 11) is 3.72. The molecule has 0 aliphatic rings. The van der Waals surface area contributed by atoms with Gasteiger partial charge in [0, 0.05) is 14.1 Å². The fourth-order valence-electron chi connectivity index (χ4n) is 3.25. The van der Waals surface area contributed by atoms with Crippen molar-refractivity contribution in [3.8, 4) is 11.4 Å². The van der Waals surface area contributed by atoms with Gasteiger partial charge in [-0.3, -0.25) is 19.0 Å². The average molecular weight is 604 g/mol. The Bertz CT molecular complexity index is 1190. The number of quaternary nitrogens is 2. The Hall–Kier alpha value is -2.74. The molecule has 12 heteroatoms. The van der Waals surface area contributed by atoms with E-state index in [1.54, 1.807) is 9.36 Å². The van der Waals surface area contributed by atoms with Crippen LogP contribution in [0.15, 0.2) is 70.3 Å². The monoisotopic (exact) mass is 602 g/mol. The number of para-hydroxylation sites is 2. The van der Waals surface area contributed by atoms with E-state index >= 15 is 0 Å². The van der Waals surface area contributed by atoms with Gasteiger partial charge in [0.25, 0.3) is 0 Å². The molecule has 4 aromatic rings. The lowest BCUT2D eigenvalue weighted by Crippen LogP contribution is -3.00. The molecule has 0 radical (unpaired) electrons. The third kappa shape index (κ3) is 6.23. The van der Waals surface area contributed by atoms with Crippen molar-refractivity contribution in [3.05, 3.63) is 92.8 Å². The Morgan fingerprint density at radius 1 is 0.588 bits per heavy atom. The molecule has 0 atom stereocenters. The molecular weight excluding hydrogens is 572 g/mol. The van der Waals surface area contributed by atoms with Crippen molar-refractivity contribution in [2.45, 2.75) is 13.8 Å². The van der Waals surface area contributed by atoms with Crippen molar-refractivity contribution in [3.63, 3.8) is 0 Å². The molecule has 0 unspecified atom stereocenters. The summed E-state index contributed by atoms with van der Waals surface area (Å²) < 4.78 is 6.88. The molecular formula is C22H32Br2N6O4. The van der Waals surface area contributed by atoms with Crippen LogP contribution in [0.3, 0.4) is 0 Å². The molecule has 0 saturated heterocycles. The maximum Gasteiger partial charge on any atom is 0.332 e. The summed E-state index contributed by atoms with van der Waals surface area (Å²) in [5.41, 5.74) is 12.1. The lowest BCUT2D eigenvalue weighted by Gasteiger charge is -2.06. The Labute approximate surface area is 218 Å². The number of nitrogens with zero attached hydrogens (tertiary/aromatic N) is 4. The third-order valence-corrected chi connectivity index (χ3v) is 5.35. The molecule has 0 aliphatic carbocycles. The molecule has 0 bridgehead atoms. The van der Waals surface area contributed by atoms with Gasteiger partial charge in [0.1, 0.15) is 0 Å². The van der Waals surface area contributed by atoms with E-state index in [-0.39, 0.29) is 56.0 Å². The summed E-state index contributed by atoms with van der Waals surface area (Å²) in [4.78, 5) is 23.8. The Kier molecular flexibility index (Phi) is 13.6. The van der Waals surface area contributed by atoms with Crippen molar-refractivity contribution in [1.29, 1.82) is 0 Å². The molecule has 2 heterocycles. The Morgan fingerprint density at radius 3 is 1.06 bits per heavy atom. The van der Waals surface area contributed by atoms with Gasteiger partial charge in [-0.05, 0) is 38.1 Å². The van der Waals surface area contributed by atoms with Gasteiger partial charge in [-0.1, -0.05) is 36.4 Å². The lowest BCUT2D eigenvalue weighted by atomic mass is 10.3. The van der Waals surface area contributed by atoms with Gasteiger partial charge in [-0.15, -0.1) is 0 Å². The van der Waals surface area contributed by atoms with Crippen LogP contribution >= 0.6 is 0 Å². The highest BCUT2D eigenvalue weighted by Crippen LogP contribution is 2.10. The zero-order valence-electron chi connectivity index (χ0n) is 19.5. The molecule has 2 aromatic carbocycles. The van der Waals surface area contributed by atoms with Crippen LogP contribution in [0.5, 0.6) is 0 Å². The maximum atomic E-state index is 11.9. The minimum Gasteiger partial charge on any atom is -1.00 e. The summed E-state index contributed by atoms with van der Waals surface area (Å²) in [5, 5.41) is 0. The van der Waals surface area contributed by atoms with Crippen molar-refractivity contribution in [1.82, 2.24) is 18.7 Å². The second kappa shape index (κ2) is 13.8. The van der Waals surface area contributed by atoms with Crippen molar-refractivity contribution in [2.24, 2.45) is 14.1 Å². The Morgan fingerprint density at radius 2 is 0.853 bits per heavy atom. The molecule has 0 spiro atoms. The van der Waals surface area contributed by atoms with E-state index in [1.165, 1.54) is 0 Å². The molecule has 0 aliphatic heterocycles. The average Bonchev–Trinajstić information content (AvgIpc) is 3.08. The number of aromatic nitrogens is 4. The summed E-state index contributed by atoms with van der Waals surface area (Å²) in [6.07, 6.45) is 0. The molecule has 34 heavy (non-hydrogen) atoms. The largest absolute Gasteiger partial charge is 1.00 e. The lowest BCUT2D eigenvalue weighted by molar-refractivity contribution is -0.257. The molecule has 10 nitrogen and oxygen atoms in total. The predicted octanol–water partition coefficient (Wildman–Crippen LogP) is -6.93. The van der Waals surface area contributed by atoms with E-state index in [2.05, 4.69) is 11.5 Å². The fourth-order valence-corrected chi connectivity index (χ4v) is 3.25. The van der Waals surface area contributed by atoms with Crippen molar-refractivity contribution >= 4 is 11.4 Å². The van der Waals surface area contributed by atoms with Crippen LogP contribution in [0, 0.1) is 13.8 Å². The van der Waals surface area contributed by atoms with E-state index in [0.29, 0.717) is 11.4 Å². The molecule has 0 amide bonds. The quantitative estimate of drug-likeness (QED) is 0.232. The first-order valence-electron chi connectivity index (χ1n) is 9.57. The third-order valence-electron chi connectivity index (χ3n) is 5.35. The predicted molar refractivity (Wildman–Crippen MR) is 124 cm³/mol. The topological polar surface area (TPSA) is 172 Å². The first-order valence-corrected chi connectivity index (χ1v) is 9.57. The van der Waals surface area contributed by atoms with Crippen LogP contribution in [0.2, 0.25) is 0 Å². The zero-order chi connectivity index (χ0) is 22.0. The standard InChI is InChI=1S/2C11H13N3O.2BrH.2H2O/c2*1-8-10(12)11(15)14(13(8)2)9-6-4-3-5-7-9;;;;/h2*3-7H,12H2,1-2H3;2*1H;2*1H2. The smallest absolute Gasteiger partial charge is 0.332 e. The molecule has 2 aromatic heterocycles. The van der Waals surface area contributed by atoms with Gasteiger partial charge >= 0.3 is 11.1 Å². The van der Waals surface area contributed by atoms with E-state index in [4.69, 9.17) is 0 Å². The van der Waals surface area contributed by atoms with E-state index in [0.717, 1.165) is 22.8 Å². The van der Waals surface area contributed by atoms with Crippen LogP contribution in [-0.4, -0.2) is 29.7 Å². The maximum absolute atomic E-state index is 11.9. The summed E-state index contributed by atoms with van der Waals surface area (Å²) in [6, 6.07) is 19.1. The highest BCUT2D eigenvalue weighted by Gasteiger charge is 2.16. The van der Waals surface area contributed by atoms with Gasteiger partial charge in [-0.2, -0.15) is 0 Å². The van der Waals surface area contributed by atoms with Crippen molar-refractivity contribution in [2.75, 3.05) is 0 Å². The fraction of sp³-hybridized carbons (Fsp3) is 0.182. The number of hydrogen-bond acceptors (Lipinski definition) is 2. The molecule has 10 N–H and O–H groups in total. The Balaban J connectivity index is 0. The van der Waals surface area contributed by atoms with E-state index in [1.807, 2.05) is 98.0 Å². The first-order chi connectivity index (χ1) is 14.3.